The predicted molar refractivity (Wildman–Crippen MR) is 122 cm³/mol. The second-order valence-corrected chi connectivity index (χ2v) is 12.3. The molecule has 0 aromatic heterocycles. The SMILES string of the molecule is CCCNC(=O)[C@@H]1[C@H]2C(=O)N([C@@H](CO)CC(C)C)C(C(=O)NC(C)C)C23CC[C@@]1(C)S3. The molecule has 3 rings (SSSR count). The third-order valence-electron chi connectivity index (χ3n) is 7.07. The number of likely N-dealkylation sites (tertiary alicyclic amines) is 1. The summed E-state index contributed by atoms with van der Waals surface area (Å²) in [5.74, 6) is -1.11. The standard InChI is InChI=1S/C23H39N3O4S/c1-7-10-24-19(28)16-17-21(30)26(15(12-27)11-13(2)3)18(20(29)25-14(4)5)23(17)9-8-22(16,6)31-23/h13-18,27H,7-12H2,1-6H3,(H,24,28)(H,25,29)/t15-,16+,17+,18?,22-,23?/m1/s1. The average molecular weight is 454 g/mol. The molecule has 8 heteroatoms. The molecule has 3 saturated heterocycles. The van der Waals surface area contributed by atoms with Gasteiger partial charge in [0.15, 0.2) is 0 Å². The molecule has 0 saturated carbocycles. The lowest BCUT2D eigenvalue weighted by molar-refractivity contribution is -0.143. The Balaban J connectivity index is 2.06. The van der Waals surface area contributed by atoms with Gasteiger partial charge in [-0.1, -0.05) is 20.8 Å². The summed E-state index contributed by atoms with van der Waals surface area (Å²) in [4.78, 5) is 42.3. The maximum absolute atomic E-state index is 13.9. The Morgan fingerprint density at radius 2 is 1.90 bits per heavy atom. The second kappa shape index (κ2) is 8.93. The number of nitrogens with one attached hydrogen (secondary N) is 2. The summed E-state index contributed by atoms with van der Waals surface area (Å²) in [6.45, 7) is 12.4. The number of carbonyl (C=O) groups is 3. The second-order valence-electron chi connectivity index (χ2n) is 10.4. The van der Waals surface area contributed by atoms with E-state index in [4.69, 9.17) is 0 Å². The molecule has 0 aromatic rings. The van der Waals surface area contributed by atoms with Gasteiger partial charge in [0.2, 0.25) is 17.7 Å². The summed E-state index contributed by atoms with van der Waals surface area (Å²) < 4.78 is -0.975. The topological polar surface area (TPSA) is 98.7 Å². The minimum Gasteiger partial charge on any atom is -0.394 e. The highest BCUT2D eigenvalue weighted by molar-refractivity contribution is 8.02. The van der Waals surface area contributed by atoms with E-state index >= 15 is 0 Å². The van der Waals surface area contributed by atoms with Crippen LogP contribution in [0.4, 0.5) is 0 Å². The molecule has 0 radical (unpaired) electrons. The molecular weight excluding hydrogens is 414 g/mol. The minimum absolute atomic E-state index is 0.0552. The first-order valence-electron chi connectivity index (χ1n) is 11.7. The van der Waals surface area contributed by atoms with Crippen molar-refractivity contribution < 1.29 is 19.5 Å². The number of rotatable bonds is 9. The molecule has 0 aliphatic carbocycles. The van der Waals surface area contributed by atoms with E-state index in [0.717, 1.165) is 19.3 Å². The van der Waals surface area contributed by atoms with Crippen LogP contribution in [-0.2, 0) is 14.4 Å². The molecule has 3 aliphatic rings. The van der Waals surface area contributed by atoms with Crippen LogP contribution in [0.25, 0.3) is 0 Å². The Morgan fingerprint density at radius 1 is 1.23 bits per heavy atom. The first-order valence-corrected chi connectivity index (χ1v) is 12.5. The summed E-state index contributed by atoms with van der Waals surface area (Å²) >= 11 is 1.67. The molecule has 3 fully saturated rings. The Hall–Kier alpha value is -1.28. The third kappa shape index (κ3) is 3.99. The Labute approximate surface area is 190 Å². The molecule has 31 heavy (non-hydrogen) atoms. The molecular formula is C23H39N3O4S. The molecule has 6 atom stereocenters. The molecule has 7 nitrogen and oxygen atoms in total. The lowest BCUT2D eigenvalue weighted by atomic mass is 9.66. The van der Waals surface area contributed by atoms with Crippen LogP contribution in [0.15, 0.2) is 0 Å². The van der Waals surface area contributed by atoms with Crippen molar-refractivity contribution in [1.82, 2.24) is 15.5 Å². The quantitative estimate of drug-likeness (QED) is 0.495. The summed E-state index contributed by atoms with van der Waals surface area (Å²) in [6.07, 6.45) is 2.98. The van der Waals surface area contributed by atoms with Gasteiger partial charge in [0, 0.05) is 17.3 Å². The summed E-state index contributed by atoms with van der Waals surface area (Å²) in [5.41, 5.74) is 0. The number of aliphatic hydroxyl groups is 1. The Bertz CT molecular complexity index is 730. The van der Waals surface area contributed by atoms with Gasteiger partial charge in [-0.3, -0.25) is 14.4 Å². The maximum atomic E-state index is 13.9. The number of thioether (sulfide) groups is 1. The van der Waals surface area contributed by atoms with Crippen molar-refractivity contribution in [3.05, 3.63) is 0 Å². The van der Waals surface area contributed by atoms with Crippen LogP contribution in [0, 0.1) is 17.8 Å². The van der Waals surface area contributed by atoms with Crippen molar-refractivity contribution in [1.29, 1.82) is 0 Å². The van der Waals surface area contributed by atoms with Crippen LogP contribution < -0.4 is 10.6 Å². The van der Waals surface area contributed by atoms with E-state index in [-0.39, 0.29) is 41.0 Å². The molecule has 0 aromatic carbocycles. The number of hydrogen-bond donors (Lipinski definition) is 3. The van der Waals surface area contributed by atoms with E-state index in [9.17, 15) is 19.5 Å². The van der Waals surface area contributed by atoms with Gasteiger partial charge in [-0.05, 0) is 52.4 Å². The largest absolute Gasteiger partial charge is 0.394 e. The van der Waals surface area contributed by atoms with E-state index in [1.165, 1.54) is 0 Å². The van der Waals surface area contributed by atoms with Gasteiger partial charge in [-0.15, -0.1) is 11.8 Å². The van der Waals surface area contributed by atoms with Gasteiger partial charge in [0.05, 0.1) is 29.2 Å². The highest BCUT2D eigenvalue weighted by Gasteiger charge is 2.77. The summed E-state index contributed by atoms with van der Waals surface area (Å²) in [6, 6.07) is -1.15. The van der Waals surface area contributed by atoms with Gasteiger partial charge >= 0.3 is 0 Å². The molecule has 2 bridgehead atoms. The van der Waals surface area contributed by atoms with Gasteiger partial charge < -0.3 is 20.6 Å². The van der Waals surface area contributed by atoms with Gasteiger partial charge in [0.1, 0.15) is 6.04 Å². The maximum Gasteiger partial charge on any atom is 0.244 e. The van der Waals surface area contributed by atoms with Crippen LogP contribution in [0.2, 0.25) is 0 Å². The average Bonchev–Trinajstić information content (AvgIpc) is 3.24. The fraction of sp³-hybridized carbons (Fsp3) is 0.870. The van der Waals surface area contributed by atoms with E-state index in [2.05, 4.69) is 17.6 Å². The van der Waals surface area contributed by atoms with Crippen LogP contribution in [0.1, 0.15) is 67.2 Å². The summed E-state index contributed by atoms with van der Waals surface area (Å²) in [7, 11) is 0. The third-order valence-corrected chi connectivity index (χ3v) is 9.06. The molecule has 1 spiro atoms. The lowest BCUT2D eigenvalue weighted by Gasteiger charge is -2.38. The van der Waals surface area contributed by atoms with E-state index in [0.29, 0.717) is 13.0 Å². The van der Waals surface area contributed by atoms with Crippen molar-refractivity contribution in [2.24, 2.45) is 17.8 Å². The first-order chi connectivity index (χ1) is 14.5. The van der Waals surface area contributed by atoms with Crippen LogP contribution in [0.3, 0.4) is 0 Å². The van der Waals surface area contributed by atoms with Crippen molar-refractivity contribution in [2.45, 2.75) is 94.8 Å². The molecule has 3 aliphatic heterocycles. The minimum atomic E-state index is -0.667. The van der Waals surface area contributed by atoms with Crippen LogP contribution >= 0.6 is 11.8 Å². The molecule has 3 heterocycles. The first kappa shape index (κ1) is 24.4. The number of aliphatic hydroxyl groups excluding tert-OH is 1. The predicted octanol–water partition coefficient (Wildman–Crippen LogP) is 1.93. The molecule has 2 unspecified atom stereocenters. The van der Waals surface area contributed by atoms with Crippen molar-refractivity contribution in [3.63, 3.8) is 0 Å². The molecule has 3 N–H and O–H groups in total. The summed E-state index contributed by atoms with van der Waals surface area (Å²) in [5, 5.41) is 16.2. The molecule has 176 valence electrons. The fourth-order valence-electron chi connectivity index (χ4n) is 6.00. The zero-order valence-electron chi connectivity index (χ0n) is 19.7. The van der Waals surface area contributed by atoms with E-state index in [1.54, 1.807) is 16.7 Å². The van der Waals surface area contributed by atoms with E-state index < -0.39 is 28.7 Å². The van der Waals surface area contributed by atoms with Gasteiger partial charge in [-0.2, -0.15) is 0 Å². The Morgan fingerprint density at radius 3 is 2.45 bits per heavy atom. The van der Waals surface area contributed by atoms with Gasteiger partial charge in [0.25, 0.3) is 0 Å². The number of carbonyl (C=O) groups excluding carboxylic acids is 3. The van der Waals surface area contributed by atoms with Gasteiger partial charge in [-0.25, -0.2) is 0 Å². The zero-order valence-corrected chi connectivity index (χ0v) is 20.6. The zero-order chi connectivity index (χ0) is 23.1. The van der Waals surface area contributed by atoms with Crippen molar-refractivity contribution in [2.75, 3.05) is 13.2 Å². The van der Waals surface area contributed by atoms with Crippen LogP contribution in [-0.4, -0.2) is 68.5 Å². The highest BCUT2D eigenvalue weighted by atomic mass is 32.2. The smallest absolute Gasteiger partial charge is 0.244 e. The molecule has 3 amide bonds. The highest BCUT2D eigenvalue weighted by Crippen LogP contribution is 2.71. The fourth-order valence-corrected chi connectivity index (χ4v) is 8.34. The lowest BCUT2D eigenvalue weighted by Crippen LogP contribution is -2.57. The Kier molecular flexibility index (Phi) is 7.02. The number of hydrogen-bond acceptors (Lipinski definition) is 5. The van der Waals surface area contributed by atoms with E-state index in [1.807, 2.05) is 34.6 Å². The van der Waals surface area contributed by atoms with Crippen molar-refractivity contribution in [3.8, 4) is 0 Å². The van der Waals surface area contributed by atoms with Crippen molar-refractivity contribution >= 4 is 29.5 Å². The number of fused-ring (bicyclic) bond motifs is 1. The number of nitrogens with zero attached hydrogens (tertiary/aromatic N) is 1. The monoisotopic (exact) mass is 453 g/mol. The number of amides is 3. The van der Waals surface area contributed by atoms with Crippen LogP contribution in [0.5, 0.6) is 0 Å². The normalized spacial score (nSPS) is 35.1.